The molecular weight excluding hydrogens is 426 g/mol. The van der Waals surface area contributed by atoms with Crippen LogP contribution in [0.2, 0.25) is 0 Å². The van der Waals surface area contributed by atoms with E-state index in [0.29, 0.717) is 24.2 Å². The normalized spacial score (nSPS) is 19.4. The van der Waals surface area contributed by atoms with E-state index in [-0.39, 0.29) is 17.8 Å². The monoisotopic (exact) mass is 459 g/mol. The van der Waals surface area contributed by atoms with Crippen molar-refractivity contribution in [1.29, 1.82) is 0 Å². The summed E-state index contributed by atoms with van der Waals surface area (Å²) in [7, 11) is 0. The predicted octanol–water partition coefficient (Wildman–Crippen LogP) is 5.82. The molecule has 2 aromatic rings. The summed E-state index contributed by atoms with van der Waals surface area (Å²) >= 11 is 0. The predicted molar refractivity (Wildman–Crippen MR) is 132 cm³/mol. The van der Waals surface area contributed by atoms with Crippen LogP contribution in [0.4, 0.5) is 0 Å². The summed E-state index contributed by atoms with van der Waals surface area (Å²) in [6.45, 7) is 8.99. The quantitative estimate of drug-likeness (QED) is 0.528. The second-order valence-corrected chi connectivity index (χ2v) is 9.91. The van der Waals surface area contributed by atoms with Crippen molar-refractivity contribution in [3.63, 3.8) is 0 Å². The minimum absolute atomic E-state index is 0.0796. The highest BCUT2D eigenvalue weighted by Crippen LogP contribution is 2.47. The highest BCUT2D eigenvalue weighted by atomic mass is 16.5. The van der Waals surface area contributed by atoms with Crippen molar-refractivity contribution in [2.75, 3.05) is 6.61 Å². The van der Waals surface area contributed by atoms with E-state index in [1.54, 1.807) is 0 Å². The Hall–Kier alpha value is -3.34. The molecule has 1 aliphatic carbocycles. The van der Waals surface area contributed by atoms with Crippen LogP contribution in [0.5, 0.6) is 5.75 Å². The lowest BCUT2D eigenvalue weighted by atomic mass is 9.68. The van der Waals surface area contributed by atoms with Crippen molar-refractivity contribution < 1.29 is 19.1 Å². The highest BCUT2D eigenvalue weighted by molar-refractivity contribution is 6.04. The van der Waals surface area contributed by atoms with E-state index >= 15 is 0 Å². The number of hydrogen-bond acceptors (Lipinski definition) is 5. The smallest absolute Gasteiger partial charge is 0.337 e. The average Bonchev–Trinajstić information content (AvgIpc) is 2.80. The molecule has 2 aliphatic rings. The van der Waals surface area contributed by atoms with Gasteiger partial charge in [-0.3, -0.25) is 4.79 Å². The molecule has 0 amide bonds. The van der Waals surface area contributed by atoms with E-state index in [1.165, 1.54) is 0 Å². The minimum atomic E-state index is -0.469. The van der Waals surface area contributed by atoms with E-state index < -0.39 is 11.9 Å². The molecule has 5 nitrogen and oxygen atoms in total. The summed E-state index contributed by atoms with van der Waals surface area (Å²) in [5, 5.41) is 3.39. The fourth-order valence-electron chi connectivity index (χ4n) is 4.82. The molecule has 0 spiro atoms. The van der Waals surface area contributed by atoms with Gasteiger partial charge in [0, 0.05) is 29.3 Å². The minimum Gasteiger partial charge on any atom is -0.494 e. The second-order valence-electron chi connectivity index (χ2n) is 9.91. The van der Waals surface area contributed by atoms with Gasteiger partial charge in [0.2, 0.25) is 0 Å². The van der Waals surface area contributed by atoms with Crippen molar-refractivity contribution in [1.82, 2.24) is 5.32 Å². The van der Waals surface area contributed by atoms with Gasteiger partial charge in [0.1, 0.15) is 12.4 Å². The number of benzene rings is 2. The number of Topliss-reactive ketones (excluding diaryl/α,β-unsaturated/α-hetero) is 1. The molecule has 0 fully saturated rings. The molecule has 0 unspecified atom stereocenters. The van der Waals surface area contributed by atoms with Crippen molar-refractivity contribution in [2.24, 2.45) is 5.41 Å². The number of rotatable bonds is 7. The summed E-state index contributed by atoms with van der Waals surface area (Å²) < 4.78 is 11.5. The van der Waals surface area contributed by atoms with Gasteiger partial charge in [-0.05, 0) is 48.4 Å². The zero-order valence-electron chi connectivity index (χ0n) is 20.4. The van der Waals surface area contributed by atoms with Gasteiger partial charge in [0.15, 0.2) is 5.78 Å². The van der Waals surface area contributed by atoms with Crippen LogP contribution in [-0.4, -0.2) is 18.4 Å². The van der Waals surface area contributed by atoms with Crippen LogP contribution in [0.25, 0.3) is 0 Å². The van der Waals surface area contributed by atoms with Crippen LogP contribution < -0.4 is 10.1 Å². The lowest BCUT2D eigenvalue weighted by Crippen LogP contribution is -2.38. The maximum atomic E-state index is 13.4. The molecule has 0 saturated carbocycles. The second kappa shape index (κ2) is 9.88. The van der Waals surface area contributed by atoms with E-state index in [2.05, 4.69) is 26.1 Å². The molecule has 4 rings (SSSR count). The van der Waals surface area contributed by atoms with Crippen molar-refractivity contribution in [3.8, 4) is 5.75 Å². The Balaban J connectivity index is 1.70. The Morgan fingerprint density at radius 3 is 2.44 bits per heavy atom. The molecular formula is C29H33NO4. The summed E-state index contributed by atoms with van der Waals surface area (Å²) in [4.78, 5) is 26.8. The fourth-order valence-corrected chi connectivity index (χ4v) is 4.82. The molecule has 0 aromatic heterocycles. The maximum absolute atomic E-state index is 13.4. The Morgan fingerprint density at radius 2 is 1.76 bits per heavy atom. The number of esters is 1. The van der Waals surface area contributed by atoms with Crippen LogP contribution >= 0.6 is 0 Å². The first kappa shape index (κ1) is 23.8. The van der Waals surface area contributed by atoms with E-state index in [0.717, 1.165) is 41.1 Å². The summed E-state index contributed by atoms with van der Waals surface area (Å²) in [5.74, 6) is -0.0210. The van der Waals surface area contributed by atoms with Crippen LogP contribution in [0, 0.1) is 5.41 Å². The number of carbonyl (C=O) groups excluding carboxylic acids is 2. The lowest BCUT2D eigenvalue weighted by molar-refractivity contribution is -0.140. The van der Waals surface area contributed by atoms with Gasteiger partial charge in [0.25, 0.3) is 0 Å². The molecule has 178 valence electrons. The Morgan fingerprint density at radius 1 is 1.06 bits per heavy atom. The van der Waals surface area contributed by atoms with Gasteiger partial charge in [-0.25, -0.2) is 4.79 Å². The SMILES string of the molecule is CCCOc1ccc([C@H]2C(C(=O)OCc3ccccc3)=C(C)NC3=C2C(=O)CC(C)(C)C3)cc1. The van der Waals surface area contributed by atoms with Crippen LogP contribution in [0.1, 0.15) is 64.0 Å². The Kier molecular flexibility index (Phi) is 6.92. The lowest BCUT2D eigenvalue weighted by Gasteiger charge is -2.39. The third kappa shape index (κ3) is 5.09. The molecule has 1 heterocycles. The number of dihydropyridines is 1. The van der Waals surface area contributed by atoms with Crippen molar-refractivity contribution in [2.45, 2.75) is 59.5 Å². The first-order chi connectivity index (χ1) is 16.3. The molecule has 2 aromatic carbocycles. The van der Waals surface area contributed by atoms with Gasteiger partial charge < -0.3 is 14.8 Å². The molecule has 1 N–H and O–H groups in total. The fraction of sp³-hybridized carbons (Fsp3) is 0.379. The molecule has 1 aliphatic heterocycles. The summed E-state index contributed by atoms with van der Waals surface area (Å²) in [6, 6.07) is 17.3. The largest absolute Gasteiger partial charge is 0.494 e. The number of carbonyl (C=O) groups is 2. The van der Waals surface area contributed by atoms with Crippen LogP contribution in [0.15, 0.2) is 77.1 Å². The first-order valence-corrected chi connectivity index (χ1v) is 12.0. The zero-order chi connectivity index (χ0) is 24.3. The van der Waals surface area contributed by atoms with Gasteiger partial charge >= 0.3 is 5.97 Å². The standard InChI is InChI=1S/C29H33NO4/c1-5-15-33-22-13-11-21(12-14-22)26-25(28(32)34-18-20-9-7-6-8-10-20)19(2)30-23-16-29(3,4)17-24(31)27(23)26/h6-14,26,30H,5,15-18H2,1-4H3/t26-/m0/s1. The summed E-state index contributed by atoms with van der Waals surface area (Å²) in [5.41, 5.74) is 4.49. The number of allylic oxidation sites excluding steroid dienone is 3. The van der Waals surface area contributed by atoms with Gasteiger partial charge in [0.05, 0.1) is 12.2 Å². The van der Waals surface area contributed by atoms with Crippen LogP contribution in [-0.2, 0) is 20.9 Å². The number of nitrogens with one attached hydrogen (secondary N) is 1. The van der Waals surface area contributed by atoms with E-state index in [4.69, 9.17) is 9.47 Å². The highest BCUT2D eigenvalue weighted by Gasteiger charge is 2.43. The molecule has 1 atom stereocenters. The summed E-state index contributed by atoms with van der Waals surface area (Å²) in [6.07, 6.45) is 2.13. The number of hydrogen-bond donors (Lipinski definition) is 1. The van der Waals surface area contributed by atoms with E-state index in [9.17, 15) is 9.59 Å². The van der Waals surface area contributed by atoms with Crippen LogP contribution in [0.3, 0.4) is 0 Å². The number of ether oxygens (including phenoxy) is 2. The molecule has 5 heteroatoms. The molecule has 0 radical (unpaired) electrons. The Labute approximate surface area is 201 Å². The molecule has 0 bridgehead atoms. The third-order valence-corrected chi connectivity index (χ3v) is 6.36. The average molecular weight is 460 g/mol. The van der Waals surface area contributed by atoms with Gasteiger partial charge in [-0.2, -0.15) is 0 Å². The van der Waals surface area contributed by atoms with Crippen molar-refractivity contribution >= 4 is 11.8 Å². The molecule has 0 saturated heterocycles. The zero-order valence-corrected chi connectivity index (χ0v) is 20.4. The van der Waals surface area contributed by atoms with Crippen molar-refractivity contribution in [3.05, 3.63) is 88.3 Å². The molecule has 34 heavy (non-hydrogen) atoms. The van der Waals surface area contributed by atoms with Gasteiger partial charge in [-0.15, -0.1) is 0 Å². The first-order valence-electron chi connectivity index (χ1n) is 12.0. The third-order valence-electron chi connectivity index (χ3n) is 6.36. The topological polar surface area (TPSA) is 64.6 Å². The maximum Gasteiger partial charge on any atom is 0.337 e. The number of ketones is 1. The van der Waals surface area contributed by atoms with Gasteiger partial charge in [-0.1, -0.05) is 63.2 Å². The Bertz CT molecular complexity index is 1130. The van der Waals surface area contributed by atoms with E-state index in [1.807, 2.05) is 61.5 Å².